The summed E-state index contributed by atoms with van der Waals surface area (Å²) in [6.45, 7) is 0. The summed E-state index contributed by atoms with van der Waals surface area (Å²) in [5.41, 5.74) is 0.492. The fraction of sp³-hybridized carbons (Fsp3) is 0.0556. The number of carbonyl (C=O) groups is 1. The third kappa shape index (κ3) is 4.48. The largest absolute Gasteiger partial charge is 0.468 e. The molecule has 0 radical (unpaired) electrons. The molecule has 0 fully saturated rings. The van der Waals surface area contributed by atoms with E-state index >= 15 is 0 Å². The van der Waals surface area contributed by atoms with Crippen molar-refractivity contribution in [1.82, 2.24) is 0 Å². The summed E-state index contributed by atoms with van der Waals surface area (Å²) < 4.78 is 34.8. The zero-order chi connectivity index (χ0) is 17.7. The van der Waals surface area contributed by atoms with E-state index in [1.54, 1.807) is 24.3 Å². The monoisotopic (exact) mass is 357 g/mol. The fourth-order valence-corrected chi connectivity index (χ4v) is 3.40. The van der Waals surface area contributed by atoms with E-state index in [0.29, 0.717) is 17.2 Å². The van der Waals surface area contributed by atoms with Crippen LogP contribution in [0.25, 0.3) is 6.08 Å². The lowest BCUT2D eigenvalue weighted by molar-refractivity contribution is -0.111. The summed E-state index contributed by atoms with van der Waals surface area (Å²) in [5.74, 6) is 0.384. The van der Waals surface area contributed by atoms with Crippen molar-refractivity contribution in [3.63, 3.8) is 0 Å². The summed E-state index contributed by atoms with van der Waals surface area (Å²) in [5, 5.41) is 2.65. The van der Waals surface area contributed by atoms with Gasteiger partial charge in [0.25, 0.3) is 0 Å². The Labute approximate surface area is 144 Å². The minimum atomic E-state index is -3.50. The van der Waals surface area contributed by atoms with E-state index < -0.39 is 9.84 Å². The van der Waals surface area contributed by atoms with Crippen LogP contribution >= 0.6 is 0 Å². The molecule has 0 spiro atoms. The Morgan fingerprint density at radius 1 is 1.00 bits per heavy atom. The second-order valence-electron chi connectivity index (χ2n) is 5.20. The van der Waals surface area contributed by atoms with Crippen molar-refractivity contribution >= 4 is 27.5 Å². The Bertz CT molecular complexity index is 953. The molecule has 0 aliphatic rings. The molecular formula is C18H15NO5S. The van der Waals surface area contributed by atoms with E-state index in [1.807, 2.05) is 0 Å². The maximum Gasteiger partial charge on any atom is 0.248 e. The van der Waals surface area contributed by atoms with E-state index in [-0.39, 0.29) is 16.6 Å². The molecule has 0 bridgehead atoms. The van der Waals surface area contributed by atoms with Crippen LogP contribution in [0.3, 0.4) is 0 Å². The lowest BCUT2D eigenvalue weighted by Gasteiger charge is -2.05. The molecule has 7 heteroatoms. The molecule has 2 heterocycles. The predicted molar refractivity (Wildman–Crippen MR) is 92.4 cm³/mol. The average molecular weight is 357 g/mol. The standard InChI is InChI=1S/C18H15NO5S/c20-18(10-7-15-3-1-11-23-15)19-14-5-8-17(9-6-14)25(21,22)13-16-4-2-12-24-16/h1-12H,13H2,(H,19,20)/b10-7+. The van der Waals surface area contributed by atoms with Crippen LogP contribution in [-0.2, 0) is 20.4 Å². The van der Waals surface area contributed by atoms with Crippen LogP contribution in [0, 0.1) is 0 Å². The van der Waals surface area contributed by atoms with Gasteiger partial charge < -0.3 is 14.2 Å². The second-order valence-corrected chi connectivity index (χ2v) is 7.19. The first-order valence-electron chi connectivity index (χ1n) is 7.41. The molecule has 3 aromatic rings. The van der Waals surface area contributed by atoms with Gasteiger partial charge in [-0.3, -0.25) is 4.79 Å². The highest BCUT2D eigenvalue weighted by atomic mass is 32.2. The van der Waals surface area contributed by atoms with Crippen molar-refractivity contribution in [2.24, 2.45) is 0 Å². The Kier molecular flexibility index (Phi) is 4.85. The van der Waals surface area contributed by atoms with Crippen molar-refractivity contribution in [1.29, 1.82) is 0 Å². The van der Waals surface area contributed by atoms with Gasteiger partial charge in [0.05, 0.1) is 17.4 Å². The van der Waals surface area contributed by atoms with Gasteiger partial charge in [0.15, 0.2) is 9.84 Å². The van der Waals surface area contributed by atoms with Gasteiger partial charge >= 0.3 is 0 Å². The average Bonchev–Trinajstić information content (AvgIpc) is 3.27. The number of rotatable bonds is 6. The van der Waals surface area contributed by atoms with Crippen molar-refractivity contribution in [3.05, 3.63) is 78.7 Å². The first-order chi connectivity index (χ1) is 12.0. The molecule has 0 saturated carbocycles. The predicted octanol–water partition coefficient (Wildman–Crippen LogP) is 3.50. The van der Waals surface area contributed by atoms with Gasteiger partial charge in [0, 0.05) is 11.8 Å². The second kappa shape index (κ2) is 7.23. The summed E-state index contributed by atoms with van der Waals surface area (Å²) >= 11 is 0. The summed E-state index contributed by atoms with van der Waals surface area (Å²) in [4.78, 5) is 12.0. The maximum absolute atomic E-state index is 12.3. The molecule has 128 valence electrons. The van der Waals surface area contributed by atoms with Crippen LogP contribution in [0.5, 0.6) is 0 Å². The van der Waals surface area contributed by atoms with Gasteiger partial charge in [-0.15, -0.1) is 0 Å². The number of amides is 1. The number of nitrogens with one attached hydrogen (secondary N) is 1. The molecule has 1 amide bonds. The van der Waals surface area contributed by atoms with Crippen LogP contribution in [0.1, 0.15) is 11.5 Å². The Hall–Kier alpha value is -3.06. The van der Waals surface area contributed by atoms with Gasteiger partial charge in [-0.05, 0) is 54.6 Å². The zero-order valence-corrected chi connectivity index (χ0v) is 13.9. The molecular weight excluding hydrogens is 342 g/mol. The van der Waals surface area contributed by atoms with Gasteiger partial charge in [-0.1, -0.05) is 0 Å². The van der Waals surface area contributed by atoms with Crippen LogP contribution in [0.15, 0.2) is 80.9 Å². The van der Waals surface area contributed by atoms with E-state index in [2.05, 4.69) is 5.32 Å². The van der Waals surface area contributed by atoms with Crippen molar-refractivity contribution in [2.45, 2.75) is 10.6 Å². The topological polar surface area (TPSA) is 89.5 Å². The molecule has 2 aromatic heterocycles. The Balaban J connectivity index is 1.64. The van der Waals surface area contributed by atoms with E-state index in [4.69, 9.17) is 8.83 Å². The van der Waals surface area contributed by atoms with Crippen LogP contribution in [0.2, 0.25) is 0 Å². The SMILES string of the molecule is O=C(/C=C/c1ccco1)Nc1ccc(S(=O)(=O)Cc2ccco2)cc1. The number of carbonyl (C=O) groups excluding carboxylic acids is 1. The van der Waals surface area contributed by atoms with Crippen molar-refractivity contribution in [3.8, 4) is 0 Å². The molecule has 0 aliphatic heterocycles. The van der Waals surface area contributed by atoms with Crippen LogP contribution < -0.4 is 5.32 Å². The highest BCUT2D eigenvalue weighted by Crippen LogP contribution is 2.19. The molecule has 25 heavy (non-hydrogen) atoms. The number of hydrogen-bond acceptors (Lipinski definition) is 5. The number of sulfone groups is 1. The number of hydrogen-bond donors (Lipinski definition) is 1. The van der Waals surface area contributed by atoms with Crippen molar-refractivity contribution < 1.29 is 22.0 Å². The molecule has 1 N–H and O–H groups in total. The Morgan fingerprint density at radius 2 is 1.72 bits per heavy atom. The lowest BCUT2D eigenvalue weighted by atomic mass is 10.3. The lowest BCUT2D eigenvalue weighted by Crippen LogP contribution is -2.08. The highest BCUT2D eigenvalue weighted by molar-refractivity contribution is 7.90. The van der Waals surface area contributed by atoms with Crippen molar-refractivity contribution in [2.75, 3.05) is 5.32 Å². The molecule has 0 unspecified atom stereocenters. The van der Waals surface area contributed by atoms with Gasteiger partial charge in [0.2, 0.25) is 5.91 Å². The molecule has 0 aliphatic carbocycles. The number of anilines is 1. The maximum atomic E-state index is 12.3. The van der Waals surface area contributed by atoms with E-state index in [9.17, 15) is 13.2 Å². The minimum Gasteiger partial charge on any atom is -0.468 e. The van der Waals surface area contributed by atoms with Gasteiger partial charge in [-0.2, -0.15) is 0 Å². The minimum absolute atomic E-state index is 0.160. The first kappa shape index (κ1) is 16.8. The molecule has 6 nitrogen and oxygen atoms in total. The number of benzene rings is 1. The smallest absolute Gasteiger partial charge is 0.248 e. The fourth-order valence-electron chi connectivity index (χ4n) is 2.14. The highest BCUT2D eigenvalue weighted by Gasteiger charge is 2.16. The van der Waals surface area contributed by atoms with Gasteiger partial charge in [0.1, 0.15) is 17.3 Å². The van der Waals surface area contributed by atoms with E-state index in [1.165, 1.54) is 48.9 Å². The number of furan rings is 2. The third-order valence-electron chi connectivity index (χ3n) is 3.34. The Morgan fingerprint density at radius 3 is 2.36 bits per heavy atom. The van der Waals surface area contributed by atoms with Gasteiger partial charge in [-0.25, -0.2) is 8.42 Å². The summed E-state index contributed by atoms with van der Waals surface area (Å²) in [7, 11) is -3.50. The quantitative estimate of drug-likeness (QED) is 0.682. The molecule has 1 aromatic carbocycles. The first-order valence-corrected chi connectivity index (χ1v) is 9.06. The molecule has 3 rings (SSSR count). The third-order valence-corrected chi connectivity index (χ3v) is 4.99. The molecule has 0 saturated heterocycles. The zero-order valence-electron chi connectivity index (χ0n) is 13.1. The van der Waals surface area contributed by atoms with E-state index in [0.717, 1.165) is 0 Å². The van der Waals surface area contributed by atoms with Crippen LogP contribution in [-0.4, -0.2) is 14.3 Å². The van der Waals surface area contributed by atoms with Crippen LogP contribution in [0.4, 0.5) is 5.69 Å². The normalized spacial score (nSPS) is 11.7. The molecule has 0 atom stereocenters. The summed E-state index contributed by atoms with van der Waals surface area (Å²) in [6, 6.07) is 12.7. The summed E-state index contributed by atoms with van der Waals surface area (Å²) in [6.07, 6.45) is 5.82.